The van der Waals surface area contributed by atoms with Gasteiger partial charge in [-0.05, 0) is 73.1 Å². The lowest BCUT2D eigenvalue weighted by Gasteiger charge is -2.21. The maximum atomic E-state index is 4.93. The Kier molecular flexibility index (Phi) is 6.23. The topological polar surface area (TPSA) is 42.9 Å². The van der Waals surface area contributed by atoms with Crippen LogP contribution in [0.25, 0.3) is 0 Å². The van der Waals surface area contributed by atoms with Crippen LogP contribution in [-0.4, -0.2) is 62.2 Å². The minimum absolute atomic E-state index is 0.446. The molecule has 6 heteroatoms. The highest BCUT2D eigenvalue weighted by atomic mass is 79.9. The van der Waals surface area contributed by atoms with Crippen LogP contribution in [0.2, 0.25) is 0 Å². The van der Waals surface area contributed by atoms with Gasteiger partial charge in [0.05, 0.1) is 5.69 Å². The normalized spacial score (nSPS) is 26.6. The molecule has 0 aromatic heterocycles. The highest BCUT2D eigenvalue weighted by Gasteiger charge is 2.34. The Morgan fingerprint density at radius 1 is 1.15 bits per heavy atom. The van der Waals surface area contributed by atoms with Gasteiger partial charge in [-0.3, -0.25) is 4.99 Å². The minimum atomic E-state index is 0.446. The lowest BCUT2D eigenvalue weighted by Crippen LogP contribution is -2.45. The van der Waals surface area contributed by atoms with Crippen LogP contribution < -0.4 is 15.5 Å². The summed E-state index contributed by atoms with van der Waals surface area (Å²) in [6, 6.07) is 9.83. The van der Waals surface area contributed by atoms with E-state index in [0.29, 0.717) is 6.04 Å². The van der Waals surface area contributed by atoms with Gasteiger partial charge in [0.2, 0.25) is 0 Å². The summed E-state index contributed by atoms with van der Waals surface area (Å²) >= 11 is 3.68. The minimum Gasteiger partial charge on any atom is -0.368 e. The number of aliphatic imine (C=N–C) groups is 1. The fraction of sp³-hybridized carbons (Fsp3) is 0.667. The molecule has 3 fully saturated rings. The van der Waals surface area contributed by atoms with Crippen LogP contribution in [0.5, 0.6) is 0 Å². The second-order valence-corrected chi connectivity index (χ2v) is 8.98. The van der Waals surface area contributed by atoms with Gasteiger partial charge in [0.25, 0.3) is 0 Å². The van der Waals surface area contributed by atoms with E-state index in [1.165, 1.54) is 42.5 Å². The smallest absolute Gasteiger partial charge is 0.191 e. The molecule has 2 atom stereocenters. The van der Waals surface area contributed by atoms with Crippen molar-refractivity contribution in [1.82, 2.24) is 15.5 Å². The summed E-state index contributed by atoms with van der Waals surface area (Å²) in [5, 5.41) is 7.12. The van der Waals surface area contributed by atoms with Gasteiger partial charge >= 0.3 is 0 Å². The van der Waals surface area contributed by atoms with Crippen LogP contribution in [0, 0.1) is 5.92 Å². The van der Waals surface area contributed by atoms with Crippen molar-refractivity contribution >= 4 is 27.6 Å². The number of likely N-dealkylation sites (tertiary alicyclic amines) is 1. The van der Waals surface area contributed by atoms with Crippen LogP contribution in [-0.2, 0) is 0 Å². The van der Waals surface area contributed by atoms with Gasteiger partial charge in [0, 0.05) is 49.3 Å². The lowest BCUT2D eigenvalue weighted by atomic mass is 10.1. The molecule has 27 heavy (non-hydrogen) atoms. The summed E-state index contributed by atoms with van der Waals surface area (Å²) in [4.78, 5) is 10.1. The van der Waals surface area contributed by atoms with Crippen LogP contribution >= 0.6 is 15.9 Å². The summed E-state index contributed by atoms with van der Waals surface area (Å²) in [5.74, 6) is 1.71. The predicted molar refractivity (Wildman–Crippen MR) is 117 cm³/mol. The van der Waals surface area contributed by atoms with Crippen LogP contribution in [0.4, 0.5) is 5.69 Å². The first-order chi connectivity index (χ1) is 13.2. The summed E-state index contributed by atoms with van der Waals surface area (Å²) in [6.07, 6.45) is 5.27. The molecular weight excluding hydrogens is 402 g/mol. The number of benzene rings is 1. The molecule has 2 aliphatic heterocycles. The molecule has 1 aromatic rings. The Balaban J connectivity index is 1.30. The fourth-order valence-electron chi connectivity index (χ4n) is 4.32. The molecule has 2 N–H and O–H groups in total. The summed E-state index contributed by atoms with van der Waals surface area (Å²) in [6.45, 7) is 8.62. The number of hydrogen-bond acceptors (Lipinski definition) is 3. The van der Waals surface area contributed by atoms with Crippen molar-refractivity contribution in [3.8, 4) is 0 Å². The second-order valence-electron chi connectivity index (χ2n) is 8.13. The molecule has 148 valence electrons. The van der Waals surface area contributed by atoms with Crippen LogP contribution in [0.15, 0.2) is 33.7 Å². The zero-order chi connectivity index (χ0) is 18.6. The first-order valence-electron chi connectivity index (χ1n) is 10.5. The molecule has 4 rings (SSSR count). The molecule has 3 aliphatic rings. The highest BCUT2D eigenvalue weighted by Crippen LogP contribution is 2.32. The average Bonchev–Trinajstić information content (AvgIpc) is 3.23. The monoisotopic (exact) mass is 433 g/mol. The largest absolute Gasteiger partial charge is 0.368 e. The number of halogens is 1. The molecule has 0 bridgehead atoms. The van der Waals surface area contributed by atoms with Crippen molar-refractivity contribution in [2.45, 2.75) is 44.7 Å². The number of anilines is 1. The Hall–Kier alpha value is -1.27. The van der Waals surface area contributed by atoms with E-state index in [1.54, 1.807) is 0 Å². The van der Waals surface area contributed by atoms with Crippen molar-refractivity contribution in [3.63, 3.8) is 0 Å². The number of nitrogens with zero attached hydrogens (tertiary/aromatic N) is 3. The summed E-state index contributed by atoms with van der Waals surface area (Å²) in [7, 11) is 0. The summed E-state index contributed by atoms with van der Waals surface area (Å²) < 4.78 is 1.17. The standard InChI is InChI=1S/C21H32BrN5/c1-2-23-21(24-13-16-9-11-26(14-16)18-7-8-18)25-17-10-12-27(15-17)20-6-4-3-5-19(20)22/h3-6,16-18H,2,7-15H2,1H3,(H2,23,24,25). The molecule has 0 amide bonds. The maximum absolute atomic E-state index is 4.93. The van der Waals surface area contributed by atoms with Crippen molar-refractivity contribution in [2.75, 3.05) is 44.2 Å². The third-order valence-corrected chi connectivity index (χ3v) is 6.63. The molecule has 0 radical (unpaired) electrons. The van der Waals surface area contributed by atoms with Gasteiger partial charge in [-0.15, -0.1) is 0 Å². The highest BCUT2D eigenvalue weighted by molar-refractivity contribution is 9.10. The molecular formula is C21H32BrN5. The van der Waals surface area contributed by atoms with E-state index in [9.17, 15) is 0 Å². The first-order valence-corrected chi connectivity index (χ1v) is 11.3. The number of para-hydroxylation sites is 1. The Morgan fingerprint density at radius 3 is 2.78 bits per heavy atom. The third-order valence-electron chi connectivity index (χ3n) is 5.95. The van der Waals surface area contributed by atoms with E-state index in [2.05, 4.69) is 67.6 Å². The van der Waals surface area contributed by atoms with Gasteiger partial charge in [-0.25, -0.2) is 0 Å². The van der Waals surface area contributed by atoms with E-state index >= 15 is 0 Å². The molecule has 2 saturated heterocycles. The number of rotatable bonds is 6. The van der Waals surface area contributed by atoms with Gasteiger partial charge < -0.3 is 20.4 Å². The van der Waals surface area contributed by atoms with Gasteiger partial charge in [0.1, 0.15) is 0 Å². The van der Waals surface area contributed by atoms with Crippen molar-refractivity contribution in [3.05, 3.63) is 28.7 Å². The van der Waals surface area contributed by atoms with Gasteiger partial charge in [0.15, 0.2) is 5.96 Å². The van der Waals surface area contributed by atoms with E-state index in [-0.39, 0.29) is 0 Å². The Labute approximate surface area is 171 Å². The van der Waals surface area contributed by atoms with E-state index in [1.807, 2.05) is 0 Å². The third kappa shape index (κ3) is 4.96. The lowest BCUT2D eigenvalue weighted by molar-refractivity contribution is 0.315. The van der Waals surface area contributed by atoms with Gasteiger partial charge in [-0.2, -0.15) is 0 Å². The molecule has 2 heterocycles. The first kappa shape index (κ1) is 19.1. The fourth-order valence-corrected chi connectivity index (χ4v) is 4.86. The van der Waals surface area contributed by atoms with Crippen LogP contribution in [0.3, 0.4) is 0 Å². The van der Waals surface area contributed by atoms with Gasteiger partial charge in [-0.1, -0.05) is 12.1 Å². The van der Waals surface area contributed by atoms with Crippen molar-refractivity contribution in [1.29, 1.82) is 0 Å². The Bertz CT molecular complexity index is 660. The molecule has 1 aromatic carbocycles. The zero-order valence-electron chi connectivity index (χ0n) is 16.3. The van der Waals surface area contributed by atoms with Crippen LogP contribution in [0.1, 0.15) is 32.6 Å². The summed E-state index contributed by atoms with van der Waals surface area (Å²) in [5.41, 5.74) is 1.29. The molecule has 2 unspecified atom stereocenters. The van der Waals surface area contributed by atoms with Crippen molar-refractivity contribution < 1.29 is 0 Å². The molecule has 1 saturated carbocycles. The quantitative estimate of drug-likeness (QED) is 0.534. The molecule has 5 nitrogen and oxygen atoms in total. The second kappa shape index (κ2) is 8.82. The number of hydrogen-bond donors (Lipinski definition) is 2. The number of guanidine groups is 1. The van der Waals surface area contributed by atoms with Crippen molar-refractivity contribution in [2.24, 2.45) is 10.9 Å². The van der Waals surface area contributed by atoms with E-state index in [4.69, 9.17) is 4.99 Å². The predicted octanol–water partition coefficient (Wildman–Crippen LogP) is 3.07. The zero-order valence-corrected chi connectivity index (χ0v) is 17.9. The molecule has 0 spiro atoms. The Morgan fingerprint density at radius 2 is 2.00 bits per heavy atom. The SMILES string of the molecule is CCNC(=NCC1CCN(C2CC2)C1)NC1CCN(c2ccccc2Br)C1. The van der Waals surface area contributed by atoms with E-state index < -0.39 is 0 Å². The average molecular weight is 434 g/mol. The maximum Gasteiger partial charge on any atom is 0.191 e. The number of nitrogens with one attached hydrogen (secondary N) is 2. The van der Waals surface area contributed by atoms with E-state index in [0.717, 1.165) is 50.5 Å². The molecule has 1 aliphatic carbocycles.